The van der Waals surface area contributed by atoms with Gasteiger partial charge in [-0.15, -0.1) is 0 Å². The smallest absolute Gasteiger partial charge is 0.255 e. The third kappa shape index (κ3) is 14.5. The van der Waals surface area contributed by atoms with E-state index in [1.54, 1.807) is 0 Å². The number of nitrogens with two attached hydrogens (primary N) is 1. The Morgan fingerprint density at radius 1 is 0.706 bits per heavy atom. The molecule has 0 heterocycles. The lowest BCUT2D eigenvalue weighted by atomic mass is 9.94. The van der Waals surface area contributed by atoms with E-state index in [1.165, 1.54) is 75.3 Å². The molecule has 4 aromatic carbocycles. The van der Waals surface area contributed by atoms with Crippen LogP contribution in [0, 0.1) is 0 Å². The van der Waals surface area contributed by atoms with Crippen molar-refractivity contribution in [2.24, 2.45) is 0 Å². The first-order valence-electron chi connectivity index (χ1n) is 18.1. The molecular weight excluding hydrogens is 784 g/mol. The number of amides is 1. The van der Waals surface area contributed by atoms with Crippen LogP contribution in [0.4, 0.5) is 11.4 Å². The van der Waals surface area contributed by atoms with Crippen molar-refractivity contribution < 1.29 is 4.79 Å². The summed E-state index contributed by atoms with van der Waals surface area (Å²) in [6.45, 7) is 5.62. The molecule has 2 aliphatic rings. The first-order chi connectivity index (χ1) is 24.6. The van der Waals surface area contributed by atoms with Gasteiger partial charge in [-0.25, -0.2) is 0 Å². The molecule has 0 spiro atoms. The second kappa shape index (κ2) is 21.6. The van der Waals surface area contributed by atoms with Gasteiger partial charge in [0.05, 0.1) is 0 Å². The number of rotatable bonds is 9. The first kappa shape index (κ1) is 40.8. The molecule has 5 nitrogen and oxygen atoms in total. The Morgan fingerprint density at radius 3 is 1.57 bits per heavy atom. The van der Waals surface area contributed by atoms with Gasteiger partial charge in [0.2, 0.25) is 0 Å². The Balaban J connectivity index is 0.000000191. The molecule has 0 unspecified atom stereocenters. The molecular formula is C43H53Br2ClN4O. The second-order valence-corrected chi connectivity index (χ2v) is 16.0. The summed E-state index contributed by atoms with van der Waals surface area (Å²) < 4.78 is 1.92. The molecule has 51 heavy (non-hydrogen) atoms. The highest BCUT2D eigenvalue weighted by atomic mass is 79.9. The zero-order chi connectivity index (χ0) is 36.6. The molecule has 0 bridgehead atoms. The highest BCUT2D eigenvalue weighted by Gasteiger charge is 2.19. The highest BCUT2D eigenvalue weighted by Crippen LogP contribution is 2.25. The number of nitrogens with one attached hydrogen (secondary N) is 1. The molecule has 1 amide bonds. The van der Waals surface area contributed by atoms with Gasteiger partial charge >= 0.3 is 0 Å². The largest absolute Gasteiger partial charge is 0.399 e. The van der Waals surface area contributed by atoms with Gasteiger partial charge < -0.3 is 11.1 Å². The minimum atomic E-state index is -0.0895. The van der Waals surface area contributed by atoms with Gasteiger partial charge in [0.15, 0.2) is 0 Å². The van der Waals surface area contributed by atoms with Crippen LogP contribution >= 0.6 is 43.5 Å². The van der Waals surface area contributed by atoms with E-state index < -0.39 is 0 Å². The Kier molecular flexibility index (Phi) is 17.3. The maximum absolute atomic E-state index is 12.3. The van der Waals surface area contributed by atoms with Gasteiger partial charge in [-0.2, -0.15) is 0 Å². The average Bonchev–Trinajstić information content (AvgIpc) is 3.14. The lowest BCUT2D eigenvalue weighted by molar-refractivity contribution is 0.102. The van der Waals surface area contributed by atoms with Gasteiger partial charge in [0.1, 0.15) is 0 Å². The predicted octanol–water partition coefficient (Wildman–Crippen LogP) is 12.2. The van der Waals surface area contributed by atoms with Crippen LogP contribution in [0.25, 0.3) is 5.03 Å². The van der Waals surface area contributed by atoms with Crippen LogP contribution in [0.2, 0.25) is 0 Å². The van der Waals surface area contributed by atoms with Crippen LogP contribution in [0.5, 0.6) is 0 Å². The summed E-state index contributed by atoms with van der Waals surface area (Å²) in [6.07, 6.45) is 13.7. The maximum atomic E-state index is 12.3. The monoisotopic (exact) mass is 834 g/mol. The van der Waals surface area contributed by atoms with Crippen molar-refractivity contribution in [3.05, 3.63) is 135 Å². The van der Waals surface area contributed by atoms with Crippen molar-refractivity contribution in [3.8, 4) is 0 Å². The summed E-state index contributed by atoms with van der Waals surface area (Å²) in [5.74, 6) is -0.0895. The van der Waals surface area contributed by atoms with E-state index in [0.717, 1.165) is 45.0 Å². The van der Waals surface area contributed by atoms with Gasteiger partial charge in [-0.05, 0) is 111 Å². The van der Waals surface area contributed by atoms with Crippen molar-refractivity contribution in [3.63, 3.8) is 0 Å². The fourth-order valence-electron chi connectivity index (χ4n) is 6.68. The fraction of sp³-hybridized carbons (Fsp3) is 0.372. The topological polar surface area (TPSA) is 61.6 Å². The summed E-state index contributed by atoms with van der Waals surface area (Å²) in [7, 11) is 4.46. The van der Waals surface area contributed by atoms with Crippen molar-refractivity contribution >= 4 is 65.8 Å². The van der Waals surface area contributed by atoms with Crippen LogP contribution in [-0.4, -0.2) is 41.9 Å². The number of hydrogen-bond donors (Lipinski definition) is 2. The van der Waals surface area contributed by atoms with E-state index in [9.17, 15) is 4.79 Å². The maximum Gasteiger partial charge on any atom is 0.255 e. The van der Waals surface area contributed by atoms with Crippen LogP contribution < -0.4 is 11.1 Å². The highest BCUT2D eigenvalue weighted by molar-refractivity contribution is 9.10. The molecule has 0 aliphatic heterocycles. The zero-order valence-corrected chi connectivity index (χ0v) is 34.0. The summed E-state index contributed by atoms with van der Waals surface area (Å²) in [6, 6.07) is 33.1. The van der Waals surface area contributed by atoms with E-state index >= 15 is 0 Å². The van der Waals surface area contributed by atoms with E-state index in [-0.39, 0.29) is 5.91 Å². The number of benzene rings is 4. The Morgan fingerprint density at radius 2 is 1.14 bits per heavy atom. The van der Waals surface area contributed by atoms with Crippen molar-refractivity contribution in [2.75, 3.05) is 25.1 Å². The average molecular weight is 837 g/mol. The summed E-state index contributed by atoms with van der Waals surface area (Å²) in [4.78, 5) is 17.3. The summed E-state index contributed by atoms with van der Waals surface area (Å²) in [5, 5.41) is 3.53. The second-order valence-electron chi connectivity index (χ2n) is 13.7. The number of anilines is 2. The van der Waals surface area contributed by atoms with Crippen LogP contribution in [-0.2, 0) is 13.1 Å². The fourth-order valence-corrected chi connectivity index (χ4v) is 7.60. The third-order valence-electron chi connectivity index (χ3n) is 9.68. The summed E-state index contributed by atoms with van der Waals surface area (Å²) >= 11 is 12.4. The first-order valence-corrected chi connectivity index (χ1v) is 20.0. The van der Waals surface area contributed by atoms with E-state index in [4.69, 9.17) is 17.3 Å². The van der Waals surface area contributed by atoms with Crippen molar-refractivity contribution in [1.29, 1.82) is 0 Å². The molecule has 8 heteroatoms. The van der Waals surface area contributed by atoms with Crippen LogP contribution in [0.3, 0.4) is 0 Å². The lowest BCUT2D eigenvalue weighted by Gasteiger charge is -2.31. The van der Waals surface area contributed by atoms with E-state index in [2.05, 4.69) is 91.9 Å². The number of carbonyl (C=O) groups is 1. The molecule has 0 aromatic heterocycles. The van der Waals surface area contributed by atoms with Gasteiger partial charge in [0, 0.05) is 56.1 Å². The molecule has 0 radical (unpaired) electrons. The Bertz CT molecular complexity index is 1650. The van der Waals surface area contributed by atoms with E-state index in [1.807, 2.05) is 72.8 Å². The quantitative estimate of drug-likeness (QED) is 0.165. The normalized spacial score (nSPS) is 15.0. The van der Waals surface area contributed by atoms with Crippen LogP contribution in [0.1, 0.15) is 91.3 Å². The molecule has 2 saturated carbocycles. The molecule has 3 N–H and O–H groups in total. The SMILES string of the molecule is C=C(Cl)c1cccc(Br)c1.CN(Cc1ccc(N)cc1)C1CCCCC1.CN(Cc1ccc(NC(=O)c2cccc(Br)c2)cc1)C1CCCCC1. The minimum absolute atomic E-state index is 0.0895. The zero-order valence-electron chi connectivity index (χ0n) is 30.1. The minimum Gasteiger partial charge on any atom is -0.399 e. The van der Waals surface area contributed by atoms with Gasteiger partial charge in [-0.1, -0.05) is 131 Å². The summed E-state index contributed by atoms with van der Waals surface area (Å²) in [5.41, 5.74) is 11.6. The lowest BCUT2D eigenvalue weighted by Crippen LogP contribution is -2.32. The molecule has 0 saturated heterocycles. The van der Waals surface area contributed by atoms with Crippen molar-refractivity contribution in [1.82, 2.24) is 9.80 Å². The standard InChI is InChI=1S/C21H25BrN2O.C14H22N2.C8H6BrCl/c1-24(20-8-3-2-4-9-20)15-16-10-12-19(13-11-16)23-21(25)17-6-5-7-18(22)14-17;1-16(14-5-3-2-4-6-14)11-12-7-9-13(15)10-8-12;1-6(10)7-3-2-4-8(9)5-7/h5-7,10-14,20H,2-4,8-9,15H2,1H3,(H,23,25);7-10,14H,2-6,11,15H2,1H3;2-5H,1H2. The van der Waals surface area contributed by atoms with Crippen LogP contribution in [0.15, 0.2) is 113 Å². The molecule has 4 aromatic rings. The number of nitrogen functional groups attached to an aromatic ring is 1. The third-order valence-corrected chi connectivity index (χ3v) is 10.9. The number of halogens is 3. The van der Waals surface area contributed by atoms with Crippen molar-refractivity contribution in [2.45, 2.75) is 89.4 Å². The molecule has 0 atom stereocenters. The Hall–Kier alpha value is -2.94. The van der Waals surface area contributed by atoms with E-state index in [0.29, 0.717) is 16.6 Å². The molecule has 6 rings (SSSR count). The van der Waals surface area contributed by atoms with Gasteiger partial charge in [-0.3, -0.25) is 14.6 Å². The molecule has 272 valence electrons. The van der Waals surface area contributed by atoms with Gasteiger partial charge in [0.25, 0.3) is 5.91 Å². The number of carbonyl (C=O) groups excluding carboxylic acids is 1. The predicted molar refractivity (Wildman–Crippen MR) is 225 cm³/mol. The number of hydrogen-bond acceptors (Lipinski definition) is 4. The molecule has 2 aliphatic carbocycles. The number of nitrogens with zero attached hydrogens (tertiary/aromatic N) is 2. The molecule has 2 fully saturated rings. The Labute approximate surface area is 327 Å².